The second kappa shape index (κ2) is 5.91. The number of nitrogens with zero attached hydrogens (tertiary/aromatic N) is 1. The number of benzene rings is 1. The van der Waals surface area contributed by atoms with Crippen LogP contribution in [0.15, 0.2) is 18.2 Å². The minimum Gasteiger partial charge on any atom is -0.480 e. The van der Waals surface area contributed by atoms with Gasteiger partial charge in [-0.15, -0.1) is 0 Å². The highest BCUT2D eigenvalue weighted by Crippen LogP contribution is 2.27. The maximum atomic E-state index is 13.6. The number of hydrogen-bond donors (Lipinski definition) is 1. The Morgan fingerprint density at radius 1 is 1.28 bits per heavy atom. The van der Waals surface area contributed by atoms with Gasteiger partial charge < -0.3 is 5.11 Å². The maximum Gasteiger partial charge on any atom is 0.317 e. The van der Waals surface area contributed by atoms with Crippen LogP contribution in [0.25, 0.3) is 0 Å². The molecule has 0 fully saturated rings. The third-order valence-electron chi connectivity index (χ3n) is 2.90. The van der Waals surface area contributed by atoms with Crippen molar-refractivity contribution in [3.63, 3.8) is 0 Å². The van der Waals surface area contributed by atoms with Gasteiger partial charge in [0, 0.05) is 17.6 Å². The Bertz CT molecular complexity index is 415. The van der Waals surface area contributed by atoms with Crippen LogP contribution in [-0.2, 0) is 4.79 Å². The number of halogens is 2. The normalized spacial score (nSPS) is 13.1. The first kappa shape index (κ1) is 14.6. The zero-order valence-corrected chi connectivity index (χ0v) is 10.7. The van der Waals surface area contributed by atoms with Crippen molar-refractivity contribution in [3.05, 3.63) is 35.4 Å². The Kier molecular flexibility index (Phi) is 4.78. The van der Waals surface area contributed by atoms with Gasteiger partial charge >= 0.3 is 5.97 Å². The van der Waals surface area contributed by atoms with E-state index >= 15 is 0 Å². The van der Waals surface area contributed by atoms with Crippen LogP contribution >= 0.6 is 0 Å². The summed E-state index contributed by atoms with van der Waals surface area (Å²) in [4.78, 5) is 12.3. The van der Waals surface area contributed by atoms with Crippen LogP contribution in [0, 0.1) is 11.6 Å². The Morgan fingerprint density at radius 3 is 2.17 bits per heavy atom. The first-order valence-electron chi connectivity index (χ1n) is 5.76. The predicted molar refractivity (Wildman–Crippen MR) is 64.3 cm³/mol. The molecule has 3 nitrogen and oxygen atoms in total. The number of aliphatic carboxylic acids is 1. The van der Waals surface area contributed by atoms with E-state index in [-0.39, 0.29) is 18.2 Å². The lowest BCUT2D eigenvalue weighted by atomic mass is 10.0. The van der Waals surface area contributed by atoms with Crippen LogP contribution in [0.1, 0.15) is 32.4 Å². The van der Waals surface area contributed by atoms with E-state index in [0.717, 1.165) is 0 Å². The molecule has 0 aromatic heterocycles. The van der Waals surface area contributed by atoms with Crippen molar-refractivity contribution in [1.82, 2.24) is 4.90 Å². The Labute approximate surface area is 105 Å². The lowest BCUT2D eigenvalue weighted by Gasteiger charge is -2.31. The van der Waals surface area contributed by atoms with Crippen LogP contribution in [0.2, 0.25) is 0 Å². The first-order chi connectivity index (χ1) is 8.34. The molecule has 18 heavy (non-hydrogen) atoms. The van der Waals surface area contributed by atoms with Crippen LogP contribution in [-0.4, -0.2) is 28.6 Å². The van der Waals surface area contributed by atoms with E-state index in [2.05, 4.69) is 0 Å². The first-order valence-corrected chi connectivity index (χ1v) is 5.76. The second-order valence-electron chi connectivity index (χ2n) is 4.47. The highest BCUT2D eigenvalue weighted by atomic mass is 19.1. The van der Waals surface area contributed by atoms with Crippen LogP contribution in [0.3, 0.4) is 0 Å². The summed E-state index contributed by atoms with van der Waals surface area (Å²) in [6.07, 6.45) is 0. The zero-order chi connectivity index (χ0) is 13.9. The lowest BCUT2D eigenvalue weighted by molar-refractivity contribution is -0.139. The number of rotatable bonds is 5. The zero-order valence-electron chi connectivity index (χ0n) is 10.7. The summed E-state index contributed by atoms with van der Waals surface area (Å²) in [6.45, 7) is 4.92. The molecule has 1 aromatic rings. The number of carbonyl (C=O) groups is 1. The van der Waals surface area contributed by atoms with E-state index < -0.39 is 23.6 Å². The van der Waals surface area contributed by atoms with E-state index in [9.17, 15) is 13.6 Å². The quantitative estimate of drug-likeness (QED) is 0.881. The average molecular weight is 257 g/mol. The Balaban J connectivity index is 3.09. The SMILES string of the molecule is CC(C)N(CC(=O)O)C(C)c1c(F)cccc1F. The van der Waals surface area contributed by atoms with Crippen LogP contribution in [0.4, 0.5) is 8.78 Å². The van der Waals surface area contributed by atoms with Gasteiger partial charge in [-0.05, 0) is 32.9 Å². The van der Waals surface area contributed by atoms with Gasteiger partial charge in [-0.3, -0.25) is 9.69 Å². The average Bonchev–Trinajstić information content (AvgIpc) is 2.24. The van der Waals surface area contributed by atoms with Crippen LogP contribution < -0.4 is 0 Å². The van der Waals surface area contributed by atoms with E-state index in [1.54, 1.807) is 20.8 Å². The predicted octanol–water partition coefficient (Wildman–Crippen LogP) is 2.82. The van der Waals surface area contributed by atoms with E-state index in [0.29, 0.717) is 0 Å². The minimum absolute atomic E-state index is 0.0903. The van der Waals surface area contributed by atoms with Crippen molar-refractivity contribution in [2.24, 2.45) is 0 Å². The Morgan fingerprint density at radius 2 is 1.78 bits per heavy atom. The summed E-state index contributed by atoms with van der Waals surface area (Å²) in [7, 11) is 0. The molecule has 0 aliphatic carbocycles. The fraction of sp³-hybridized carbons (Fsp3) is 0.462. The summed E-state index contributed by atoms with van der Waals surface area (Å²) < 4.78 is 27.3. The van der Waals surface area contributed by atoms with Gasteiger partial charge in [-0.25, -0.2) is 8.78 Å². The molecule has 0 saturated carbocycles. The van der Waals surface area contributed by atoms with Crippen molar-refractivity contribution in [2.45, 2.75) is 32.9 Å². The summed E-state index contributed by atoms with van der Waals surface area (Å²) in [5, 5.41) is 8.84. The van der Waals surface area contributed by atoms with E-state index in [4.69, 9.17) is 5.11 Å². The molecule has 0 amide bonds. The molecule has 5 heteroatoms. The molecule has 100 valence electrons. The summed E-state index contributed by atoms with van der Waals surface area (Å²) >= 11 is 0. The molecule has 1 N–H and O–H groups in total. The molecule has 0 heterocycles. The third kappa shape index (κ3) is 3.26. The summed E-state index contributed by atoms with van der Waals surface area (Å²) in [5.41, 5.74) is -0.0903. The standard InChI is InChI=1S/C13H17F2NO2/c1-8(2)16(7-12(17)18)9(3)13-10(14)5-4-6-11(13)15/h4-6,8-9H,7H2,1-3H3,(H,17,18). The molecule has 1 unspecified atom stereocenters. The fourth-order valence-corrected chi connectivity index (χ4v) is 2.00. The maximum absolute atomic E-state index is 13.6. The molecular weight excluding hydrogens is 240 g/mol. The van der Waals surface area contributed by atoms with E-state index in [1.165, 1.54) is 23.1 Å². The number of carboxylic acid groups (broad SMARTS) is 1. The molecule has 1 aromatic carbocycles. The summed E-state index contributed by atoms with van der Waals surface area (Å²) in [5.74, 6) is -2.33. The highest BCUT2D eigenvalue weighted by molar-refractivity contribution is 5.69. The molecule has 0 bridgehead atoms. The topological polar surface area (TPSA) is 40.5 Å². The largest absolute Gasteiger partial charge is 0.480 e. The molecular formula is C13H17F2NO2. The van der Waals surface area contributed by atoms with Crippen LogP contribution in [0.5, 0.6) is 0 Å². The molecule has 1 atom stereocenters. The minimum atomic E-state index is -1.02. The van der Waals surface area contributed by atoms with Gasteiger partial charge in [-0.1, -0.05) is 6.07 Å². The van der Waals surface area contributed by atoms with Gasteiger partial charge in [0.05, 0.1) is 6.54 Å². The van der Waals surface area contributed by atoms with Crippen molar-refractivity contribution in [2.75, 3.05) is 6.54 Å². The van der Waals surface area contributed by atoms with Crippen molar-refractivity contribution in [3.8, 4) is 0 Å². The number of carboxylic acids is 1. The lowest BCUT2D eigenvalue weighted by Crippen LogP contribution is -2.38. The number of hydrogen-bond acceptors (Lipinski definition) is 2. The van der Waals surface area contributed by atoms with Gasteiger partial charge in [0.15, 0.2) is 0 Å². The highest BCUT2D eigenvalue weighted by Gasteiger charge is 2.25. The second-order valence-corrected chi connectivity index (χ2v) is 4.47. The summed E-state index contributed by atoms with van der Waals surface area (Å²) in [6, 6.07) is 2.87. The smallest absolute Gasteiger partial charge is 0.317 e. The van der Waals surface area contributed by atoms with Crippen molar-refractivity contribution in [1.29, 1.82) is 0 Å². The molecule has 0 aliphatic rings. The monoisotopic (exact) mass is 257 g/mol. The fourth-order valence-electron chi connectivity index (χ4n) is 2.00. The molecule has 1 rings (SSSR count). The van der Waals surface area contributed by atoms with E-state index in [1.807, 2.05) is 0 Å². The molecule has 0 aliphatic heterocycles. The third-order valence-corrected chi connectivity index (χ3v) is 2.90. The molecule has 0 saturated heterocycles. The molecule has 0 radical (unpaired) electrons. The van der Waals surface area contributed by atoms with Gasteiger partial charge in [0.25, 0.3) is 0 Å². The molecule has 0 spiro atoms. The van der Waals surface area contributed by atoms with Crippen molar-refractivity contribution >= 4 is 5.97 Å². The van der Waals surface area contributed by atoms with Gasteiger partial charge in [-0.2, -0.15) is 0 Å². The van der Waals surface area contributed by atoms with Crippen molar-refractivity contribution < 1.29 is 18.7 Å². The Hall–Kier alpha value is -1.49. The van der Waals surface area contributed by atoms with Gasteiger partial charge in [0.2, 0.25) is 0 Å². The van der Waals surface area contributed by atoms with Gasteiger partial charge in [0.1, 0.15) is 11.6 Å².